The van der Waals surface area contributed by atoms with Crippen LogP contribution in [-0.4, -0.2) is 48.0 Å². The van der Waals surface area contributed by atoms with Gasteiger partial charge in [-0.15, -0.1) is 0 Å². The van der Waals surface area contributed by atoms with Gasteiger partial charge >= 0.3 is 6.18 Å². The highest BCUT2D eigenvalue weighted by Gasteiger charge is 2.31. The highest BCUT2D eigenvalue weighted by molar-refractivity contribution is 5.81. The smallest absolute Gasteiger partial charge is 0.355 e. The molecule has 1 N–H and O–H groups in total. The molecular formula is C21H25F3N4O. The van der Waals surface area contributed by atoms with Gasteiger partial charge in [-0.2, -0.15) is 13.2 Å². The van der Waals surface area contributed by atoms with Crippen LogP contribution >= 0.6 is 0 Å². The highest BCUT2D eigenvalue weighted by atomic mass is 19.4. The Hall–Kier alpha value is -2.61. The van der Waals surface area contributed by atoms with Crippen LogP contribution in [0.5, 0.6) is 0 Å². The number of pyridine rings is 1. The highest BCUT2D eigenvalue weighted by Crippen LogP contribution is 2.29. The van der Waals surface area contributed by atoms with E-state index in [4.69, 9.17) is 0 Å². The number of hydrogen-bond donors (Lipinski definition) is 1. The summed E-state index contributed by atoms with van der Waals surface area (Å²) in [5, 5.41) is 2.97. The third kappa shape index (κ3) is 5.69. The van der Waals surface area contributed by atoms with Crippen LogP contribution in [0.1, 0.15) is 24.5 Å². The summed E-state index contributed by atoms with van der Waals surface area (Å²) in [6.45, 7) is 5.05. The van der Waals surface area contributed by atoms with Gasteiger partial charge in [0.25, 0.3) is 0 Å². The van der Waals surface area contributed by atoms with Crippen LogP contribution in [0.3, 0.4) is 0 Å². The molecule has 1 saturated heterocycles. The topological polar surface area (TPSA) is 48.5 Å². The Labute approximate surface area is 168 Å². The quantitative estimate of drug-likeness (QED) is 0.828. The zero-order valence-electron chi connectivity index (χ0n) is 16.3. The van der Waals surface area contributed by atoms with Crippen molar-refractivity contribution < 1.29 is 18.0 Å². The van der Waals surface area contributed by atoms with Crippen molar-refractivity contribution in [2.45, 2.75) is 32.1 Å². The minimum absolute atomic E-state index is 0.0324. The van der Waals surface area contributed by atoms with E-state index in [0.29, 0.717) is 32.0 Å². The normalized spacial score (nSPS) is 16.9. The van der Waals surface area contributed by atoms with Gasteiger partial charge in [-0.1, -0.05) is 30.3 Å². The Morgan fingerprint density at radius 3 is 2.52 bits per heavy atom. The van der Waals surface area contributed by atoms with E-state index in [1.54, 1.807) is 0 Å². The molecule has 1 aromatic carbocycles. The summed E-state index contributed by atoms with van der Waals surface area (Å²) in [7, 11) is 0. The van der Waals surface area contributed by atoms with Gasteiger partial charge in [-0.25, -0.2) is 4.98 Å². The summed E-state index contributed by atoms with van der Waals surface area (Å²) in [6, 6.07) is 11.9. The first-order valence-corrected chi connectivity index (χ1v) is 9.68. The maximum Gasteiger partial charge on any atom is 0.417 e. The molecule has 156 valence electrons. The molecule has 0 saturated carbocycles. The van der Waals surface area contributed by atoms with Crippen molar-refractivity contribution >= 4 is 11.7 Å². The molecule has 1 amide bonds. The number of rotatable bonds is 5. The minimum Gasteiger partial charge on any atom is -0.355 e. The lowest BCUT2D eigenvalue weighted by atomic mass is 10.2. The van der Waals surface area contributed by atoms with Gasteiger partial charge in [0.05, 0.1) is 11.6 Å². The van der Waals surface area contributed by atoms with Crippen molar-refractivity contribution in [3.8, 4) is 0 Å². The Balaban J connectivity index is 1.54. The number of hydrogen-bond acceptors (Lipinski definition) is 4. The largest absolute Gasteiger partial charge is 0.417 e. The lowest BCUT2D eigenvalue weighted by Gasteiger charge is -2.27. The van der Waals surface area contributed by atoms with E-state index in [-0.39, 0.29) is 11.9 Å². The predicted molar refractivity (Wildman–Crippen MR) is 105 cm³/mol. The van der Waals surface area contributed by atoms with Crippen molar-refractivity contribution in [1.82, 2.24) is 15.2 Å². The van der Waals surface area contributed by atoms with E-state index >= 15 is 0 Å². The number of nitrogens with one attached hydrogen (secondary N) is 1. The number of carbonyl (C=O) groups is 1. The van der Waals surface area contributed by atoms with E-state index in [0.717, 1.165) is 30.8 Å². The monoisotopic (exact) mass is 406 g/mol. The fourth-order valence-corrected chi connectivity index (χ4v) is 3.39. The summed E-state index contributed by atoms with van der Waals surface area (Å²) >= 11 is 0. The average Bonchev–Trinajstić information content (AvgIpc) is 2.98. The molecule has 0 bridgehead atoms. The number of nitrogens with zero attached hydrogens (tertiary/aromatic N) is 3. The van der Waals surface area contributed by atoms with Crippen LogP contribution in [0, 0.1) is 0 Å². The van der Waals surface area contributed by atoms with E-state index in [9.17, 15) is 18.0 Å². The number of benzene rings is 1. The Kier molecular flexibility index (Phi) is 6.74. The molecule has 1 atom stereocenters. The second-order valence-corrected chi connectivity index (χ2v) is 7.16. The lowest BCUT2D eigenvalue weighted by Crippen LogP contribution is -2.46. The molecule has 1 unspecified atom stereocenters. The zero-order chi connectivity index (χ0) is 20.9. The molecule has 1 fully saturated rings. The molecule has 0 aliphatic carbocycles. The maximum atomic E-state index is 12.7. The van der Waals surface area contributed by atoms with Crippen molar-refractivity contribution in [2.75, 3.05) is 31.1 Å². The summed E-state index contributed by atoms with van der Waals surface area (Å²) < 4.78 is 38.1. The van der Waals surface area contributed by atoms with E-state index in [1.807, 2.05) is 42.2 Å². The van der Waals surface area contributed by atoms with Crippen LogP contribution in [-0.2, 0) is 17.5 Å². The van der Waals surface area contributed by atoms with Gasteiger partial charge in [-0.3, -0.25) is 9.69 Å². The molecule has 5 nitrogen and oxygen atoms in total. The van der Waals surface area contributed by atoms with Crippen LogP contribution < -0.4 is 10.2 Å². The van der Waals surface area contributed by atoms with Crippen molar-refractivity contribution in [2.24, 2.45) is 0 Å². The molecule has 1 aliphatic rings. The number of amides is 1. The summed E-state index contributed by atoms with van der Waals surface area (Å²) in [5.41, 5.74) is 0.296. The number of halogens is 3. The molecule has 2 aromatic rings. The van der Waals surface area contributed by atoms with Crippen LogP contribution in [0.4, 0.5) is 19.0 Å². The third-order valence-electron chi connectivity index (χ3n) is 5.17. The van der Waals surface area contributed by atoms with Crippen LogP contribution in [0.2, 0.25) is 0 Å². The molecule has 8 heteroatoms. The molecule has 1 aliphatic heterocycles. The summed E-state index contributed by atoms with van der Waals surface area (Å²) in [6.07, 6.45) is -2.71. The first-order chi connectivity index (χ1) is 13.8. The van der Waals surface area contributed by atoms with Crippen molar-refractivity contribution in [1.29, 1.82) is 0 Å². The Morgan fingerprint density at radius 2 is 1.86 bits per heavy atom. The Bertz CT molecular complexity index is 796. The van der Waals surface area contributed by atoms with Gasteiger partial charge in [0, 0.05) is 38.9 Å². The van der Waals surface area contributed by atoms with Gasteiger partial charge in [0.1, 0.15) is 5.82 Å². The van der Waals surface area contributed by atoms with Gasteiger partial charge in [0.15, 0.2) is 0 Å². The number of aromatic nitrogens is 1. The first kappa shape index (κ1) is 21.1. The molecule has 29 heavy (non-hydrogen) atoms. The van der Waals surface area contributed by atoms with Gasteiger partial charge < -0.3 is 10.2 Å². The maximum absolute atomic E-state index is 12.7. The SMILES string of the molecule is CC(C(=O)NCc1ccccc1)N1CCCN(c2ccc(C(F)(F)F)cn2)CC1. The number of carbonyl (C=O) groups excluding carboxylic acids is 1. The van der Waals surface area contributed by atoms with E-state index in [2.05, 4.69) is 15.2 Å². The molecule has 0 radical (unpaired) electrons. The van der Waals surface area contributed by atoms with Crippen molar-refractivity contribution in [3.63, 3.8) is 0 Å². The average molecular weight is 406 g/mol. The van der Waals surface area contributed by atoms with E-state index < -0.39 is 11.7 Å². The van der Waals surface area contributed by atoms with Crippen LogP contribution in [0.25, 0.3) is 0 Å². The van der Waals surface area contributed by atoms with Gasteiger partial charge in [-0.05, 0) is 31.0 Å². The zero-order valence-corrected chi connectivity index (χ0v) is 16.3. The summed E-state index contributed by atoms with van der Waals surface area (Å²) in [5.74, 6) is 0.496. The molecule has 1 aromatic heterocycles. The van der Waals surface area contributed by atoms with Crippen LogP contribution in [0.15, 0.2) is 48.7 Å². The van der Waals surface area contributed by atoms with Gasteiger partial charge in [0.2, 0.25) is 5.91 Å². The molecule has 0 spiro atoms. The second kappa shape index (κ2) is 9.26. The second-order valence-electron chi connectivity index (χ2n) is 7.16. The molecule has 2 heterocycles. The third-order valence-corrected chi connectivity index (χ3v) is 5.17. The summed E-state index contributed by atoms with van der Waals surface area (Å²) in [4.78, 5) is 20.6. The first-order valence-electron chi connectivity index (χ1n) is 9.68. The lowest BCUT2D eigenvalue weighted by molar-refractivity contribution is -0.137. The minimum atomic E-state index is -4.39. The fraction of sp³-hybridized carbons (Fsp3) is 0.429. The number of alkyl halides is 3. The standard InChI is InChI=1S/C21H25F3N4O/c1-16(20(29)26-14-17-6-3-2-4-7-17)27-10-5-11-28(13-12-27)19-9-8-18(15-25-19)21(22,23)24/h2-4,6-9,15-16H,5,10-14H2,1H3,(H,26,29). The predicted octanol–water partition coefficient (Wildman–Crippen LogP) is 3.32. The Morgan fingerprint density at radius 1 is 1.10 bits per heavy atom. The molecule has 3 rings (SSSR count). The number of anilines is 1. The van der Waals surface area contributed by atoms with E-state index in [1.165, 1.54) is 6.07 Å². The fourth-order valence-electron chi connectivity index (χ4n) is 3.39. The molecular weight excluding hydrogens is 381 g/mol. The van der Waals surface area contributed by atoms with Crippen molar-refractivity contribution in [3.05, 3.63) is 59.8 Å².